The van der Waals surface area contributed by atoms with Crippen LogP contribution >= 0.6 is 0 Å². The number of nitrogens with zero attached hydrogens (tertiary/aromatic N) is 8. The molecule has 3 aromatic heterocycles. The van der Waals surface area contributed by atoms with Crippen LogP contribution < -0.4 is 0 Å². The Kier molecular flexibility index (Phi) is 10.3. The van der Waals surface area contributed by atoms with Crippen LogP contribution in [-0.4, -0.2) is 14.1 Å². The summed E-state index contributed by atoms with van der Waals surface area (Å²) >= 11 is 0. The number of fused-ring (bicyclic) bond motifs is 6. The van der Waals surface area contributed by atoms with Crippen LogP contribution in [0.3, 0.4) is 0 Å². The molecule has 0 radical (unpaired) electrons. The summed E-state index contributed by atoms with van der Waals surface area (Å²) in [6, 6.07) is 68.8. The van der Waals surface area contributed by atoms with Crippen molar-refractivity contribution >= 4 is 60.7 Å². The predicted octanol–water partition coefficient (Wildman–Crippen LogP) is 17.0. The van der Waals surface area contributed by atoms with Gasteiger partial charge in [0.1, 0.15) is 0 Å². The topological polar surface area (TPSA) is 83.4 Å². The first-order valence-corrected chi connectivity index (χ1v) is 23.0. The SMILES string of the molecule is [C-]#[N+]c1cccc(-c2ccc3c(c2)c2cc(-c4cccc([N+]#[C-])c4)ccc2n3-c2cc([N+]#[C-])c(-c3ccncc3)cc2-n2c3ccc(-c4cccc(C#N)c4)cc3c3cc(-c4cccc(C#N)c4)ccc32)c1. The zero-order valence-corrected chi connectivity index (χ0v) is 38.2. The summed E-state index contributed by atoms with van der Waals surface area (Å²) in [5.74, 6) is 0. The van der Waals surface area contributed by atoms with Gasteiger partial charge in [0.05, 0.1) is 76.4 Å². The molecule has 0 aliphatic heterocycles. The van der Waals surface area contributed by atoms with Crippen LogP contribution in [0.2, 0.25) is 0 Å². The molecule has 8 heteroatoms. The number of benzene rings is 9. The van der Waals surface area contributed by atoms with Crippen molar-refractivity contribution in [2.45, 2.75) is 0 Å². The van der Waals surface area contributed by atoms with Gasteiger partial charge < -0.3 is 9.13 Å². The minimum atomic E-state index is 0.468. The van der Waals surface area contributed by atoms with E-state index in [1.54, 1.807) is 24.5 Å². The van der Waals surface area contributed by atoms with Gasteiger partial charge in [-0.1, -0.05) is 84.9 Å². The van der Waals surface area contributed by atoms with Crippen LogP contribution in [0, 0.1) is 42.4 Å². The Morgan fingerprint density at radius 1 is 0.361 bits per heavy atom. The minimum absolute atomic E-state index is 0.468. The molecular weight excluding hydrogens is 881 g/mol. The lowest BCUT2D eigenvalue weighted by molar-refractivity contribution is 1.10. The third kappa shape index (κ3) is 7.17. The van der Waals surface area contributed by atoms with E-state index in [1.807, 2.05) is 103 Å². The summed E-state index contributed by atoms with van der Waals surface area (Å²) in [5, 5.41) is 23.6. The molecule has 0 unspecified atom stereocenters. The number of aromatic nitrogens is 3. The highest BCUT2D eigenvalue weighted by Crippen LogP contribution is 2.46. The predicted molar refractivity (Wildman–Crippen MR) is 288 cm³/mol. The van der Waals surface area contributed by atoms with E-state index >= 15 is 0 Å². The molecule has 0 bridgehead atoms. The molecule has 3 heterocycles. The van der Waals surface area contributed by atoms with Gasteiger partial charge in [-0.3, -0.25) is 4.98 Å². The summed E-state index contributed by atoms with van der Waals surface area (Å²) in [6.45, 7) is 24.2. The van der Waals surface area contributed by atoms with Gasteiger partial charge in [0.2, 0.25) is 0 Å². The second kappa shape index (κ2) is 17.4. The normalized spacial score (nSPS) is 11.0. The summed E-state index contributed by atoms with van der Waals surface area (Å²) in [4.78, 5) is 16.0. The highest BCUT2D eigenvalue weighted by molar-refractivity contribution is 6.14. The molecule has 12 aromatic rings. The standard InChI is InChI=1S/C64H34N8/c1-67-51-14-6-12-45(30-51)49-18-22-61-56(34-49)57-35-50(46-13-7-15-52(31-46)68-2)19-23-62(57)72(61)64-37-58(69-3)53(42-24-26-70-27-25-42)36-63(64)71-59-20-16-47(43-10-4-8-40(28-43)38-65)32-54(59)55-33-48(17-21-60(55)71)44-11-5-9-41(29-44)39-66/h4-37H. The molecule has 0 aliphatic carbocycles. The Morgan fingerprint density at radius 2 is 0.736 bits per heavy atom. The van der Waals surface area contributed by atoms with Crippen molar-refractivity contribution in [1.29, 1.82) is 10.5 Å². The maximum Gasteiger partial charge on any atom is 0.197 e. The fourth-order valence-corrected chi connectivity index (χ4v) is 10.1. The van der Waals surface area contributed by atoms with Crippen LogP contribution in [0.25, 0.3) is 125 Å². The van der Waals surface area contributed by atoms with E-state index in [2.05, 4.69) is 120 Å². The minimum Gasteiger partial charge on any atom is -0.308 e. The van der Waals surface area contributed by atoms with E-state index < -0.39 is 0 Å². The maximum absolute atomic E-state index is 9.86. The summed E-state index contributed by atoms with van der Waals surface area (Å²) in [7, 11) is 0. The van der Waals surface area contributed by atoms with Crippen molar-refractivity contribution in [1.82, 2.24) is 14.1 Å². The van der Waals surface area contributed by atoms with Crippen molar-refractivity contribution in [3.63, 3.8) is 0 Å². The van der Waals surface area contributed by atoms with Gasteiger partial charge in [0.15, 0.2) is 17.1 Å². The van der Waals surface area contributed by atoms with Crippen molar-refractivity contribution in [3.8, 4) is 79.1 Å². The monoisotopic (exact) mass is 914 g/mol. The molecule has 0 fully saturated rings. The highest BCUT2D eigenvalue weighted by atomic mass is 15.1. The molecule has 0 spiro atoms. The average Bonchev–Trinajstić information content (AvgIpc) is 3.96. The third-order valence-electron chi connectivity index (χ3n) is 13.5. The second-order valence-corrected chi connectivity index (χ2v) is 17.5. The molecule has 0 aliphatic rings. The average molecular weight is 915 g/mol. The van der Waals surface area contributed by atoms with E-state index in [0.717, 1.165) is 111 Å². The zero-order valence-electron chi connectivity index (χ0n) is 38.2. The number of hydrogen-bond acceptors (Lipinski definition) is 3. The molecule has 0 saturated heterocycles. The van der Waals surface area contributed by atoms with Gasteiger partial charge in [-0.05, 0) is 165 Å². The van der Waals surface area contributed by atoms with E-state index in [4.69, 9.17) is 19.7 Å². The van der Waals surface area contributed by atoms with Crippen LogP contribution in [0.4, 0.5) is 17.1 Å². The Labute approximate surface area is 414 Å². The van der Waals surface area contributed by atoms with Gasteiger partial charge in [-0.2, -0.15) is 10.5 Å². The Hall–Kier alpha value is -10.8. The Morgan fingerprint density at radius 3 is 1.12 bits per heavy atom. The quantitative estimate of drug-likeness (QED) is 0.149. The van der Waals surface area contributed by atoms with Crippen molar-refractivity contribution < 1.29 is 0 Å². The number of pyridine rings is 1. The van der Waals surface area contributed by atoms with E-state index in [1.165, 1.54) is 0 Å². The number of nitriles is 2. The molecule has 0 N–H and O–H groups in total. The van der Waals surface area contributed by atoms with Crippen LogP contribution in [0.15, 0.2) is 207 Å². The Balaban J connectivity index is 1.20. The maximum atomic E-state index is 9.86. The first-order valence-electron chi connectivity index (χ1n) is 23.0. The lowest BCUT2D eigenvalue weighted by Crippen LogP contribution is -2.04. The number of hydrogen-bond donors (Lipinski definition) is 0. The van der Waals surface area contributed by atoms with Gasteiger partial charge >= 0.3 is 0 Å². The van der Waals surface area contributed by atoms with E-state index in [-0.39, 0.29) is 0 Å². The molecule has 72 heavy (non-hydrogen) atoms. The third-order valence-corrected chi connectivity index (χ3v) is 13.5. The zero-order chi connectivity index (χ0) is 48.9. The summed E-state index contributed by atoms with van der Waals surface area (Å²) in [5.41, 5.74) is 17.1. The summed E-state index contributed by atoms with van der Waals surface area (Å²) in [6.07, 6.45) is 3.49. The second-order valence-electron chi connectivity index (χ2n) is 17.5. The van der Waals surface area contributed by atoms with Crippen LogP contribution in [-0.2, 0) is 0 Å². The molecule has 12 rings (SSSR count). The van der Waals surface area contributed by atoms with E-state index in [9.17, 15) is 10.5 Å². The molecular formula is C64H34N8. The van der Waals surface area contributed by atoms with Gasteiger partial charge in [0.25, 0.3) is 0 Å². The molecule has 330 valence electrons. The Bertz CT molecular complexity index is 4230. The smallest absolute Gasteiger partial charge is 0.197 e. The van der Waals surface area contributed by atoms with Crippen LogP contribution in [0.5, 0.6) is 0 Å². The first kappa shape index (κ1) is 42.5. The lowest BCUT2D eigenvalue weighted by atomic mass is 9.99. The first-order chi connectivity index (χ1) is 35.4. The number of rotatable bonds is 7. The van der Waals surface area contributed by atoms with Gasteiger partial charge in [-0.25, -0.2) is 14.5 Å². The largest absolute Gasteiger partial charge is 0.308 e. The fourth-order valence-electron chi connectivity index (χ4n) is 10.1. The molecule has 8 nitrogen and oxygen atoms in total. The molecule has 0 saturated carbocycles. The van der Waals surface area contributed by atoms with E-state index in [0.29, 0.717) is 28.2 Å². The molecule has 0 amide bonds. The van der Waals surface area contributed by atoms with Crippen molar-refractivity contribution in [3.05, 3.63) is 252 Å². The highest BCUT2D eigenvalue weighted by Gasteiger charge is 2.24. The molecule has 0 atom stereocenters. The van der Waals surface area contributed by atoms with Crippen molar-refractivity contribution in [2.24, 2.45) is 0 Å². The fraction of sp³-hybridized carbons (Fsp3) is 0. The molecule has 9 aromatic carbocycles. The van der Waals surface area contributed by atoms with Crippen LogP contribution in [0.1, 0.15) is 11.1 Å². The van der Waals surface area contributed by atoms with Gasteiger partial charge in [-0.15, -0.1) is 0 Å². The van der Waals surface area contributed by atoms with Crippen molar-refractivity contribution in [2.75, 3.05) is 0 Å². The van der Waals surface area contributed by atoms with Gasteiger partial charge in [0, 0.05) is 33.9 Å². The summed E-state index contributed by atoms with van der Waals surface area (Å²) < 4.78 is 4.54. The lowest BCUT2D eigenvalue weighted by Gasteiger charge is -2.20.